The highest BCUT2D eigenvalue weighted by molar-refractivity contribution is 8.22. The Balaban J connectivity index is 1.49. The molecule has 2 heterocycles. The molecule has 150 valence electrons. The Bertz CT molecular complexity index is 1310. The van der Waals surface area contributed by atoms with Crippen molar-refractivity contribution in [1.82, 2.24) is 4.90 Å². The predicted octanol–water partition coefficient (Wildman–Crippen LogP) is 5.76. The largest absolute Gasteiger partial charge is 0.497 e. The molecule has 6 rings (SSSR count). The average Bonchev–Trinajstić information content (AvgIpc) is 3.38. The molecule has 0 aromatic heterocycles. The van der Waals surface area contributed by atoms with E-state index in [4.69, 9.17) is 9.73 Å². The minimum absolute atomic E-state index is 0.0681. The lowest BCUT2D eigenvalue weighted by atomic mass is 9.93. The Kier molecular flexibility index (Phi) is 4.11. The molecule has 1 unspecified atom stereocenters. The summed E-state index contributed by atoms with van der Waals surface area (Å²) in [5.74, 6) is 0.894. The Morgan fingerprint density at radius 1 is 0.903 bits per heavy atom. The van der Waals surface area contributed by atoms with Crippen LogP contribution in [0.5, 0.6) is 5.75 Å². The monoisotopic (exact) mass is 422 g/mol. The van der Waals surface area contributed by atoms with Crippen LogP contribution in [0.3, 0.4) is 0 Å². The van der Waals surface area contributed by atoms with Crippen LogP contribution in [-0.2, 0) is 0 Å². The van der Waals surface area contributed by atoms with Crippen LogP contribution < -0.4 is 4.74 Å². The van der Waals surface area contributed by atoms with Crippen molar-refractivity contribution in [1.29, 1.82) is 0 Å². The minimum Gasteiger partial charge on any atom is -0.497 e. The van der Waals surface area contributed by atoms with Crippen molar-refractivity contribution in [2.45, 2.75) is 6.04 Å². The molecular weight excluding hydrogens is 404 g/mol. The van der Waals surface area contributed by atoms with Gasteiger partial charge in [0.15, 0.2) is 11.0 Å². The first-order valence-electron chi connectivity index (χ1n) is 10.1. The quantitative estimate of drug-likeness (QED) is 0.538. The Morgan fingerprint density at radius 3 is 2.35 bits per heavy atom. The molecule has 1 aliphatic carbocycles. The molecule has 2 aliphatic heterocycles. The molecule has 5 heteroatoms. The van der Waals surface area contributed by atoms with Crippen LogP contribution in [-0.4, -0.2) is 23.0 Å². The molecule has 0 fully saturated rings. The summed E-state index contributed by atoms with van der Waals surface area (Å²) >= 11 is 1.64. The van der Waals surface area contributed by atoms with E-state index in [0.29, 0.717) is 0 Å². The van der Waals surface area contributed by atoms with E-state index >= 15 is 0 Å². The number of hydrogen-bond donors (Lipinski definition) is 0. The summed E-state index contributed by atoms with van der Waals surface area (Å²) in [7, 11) is 1.67. The molecule has 0 amide bonds. The summed E-state index contributed by atoms with van der Waals surface area (Å²) in [6.45, 7) is 0. The number of aliphatic imine (C=N–C) groups is 1. The lowest BCUT2D eigenvalue weighted by Crippen LogP contribution is -2.31. The van der Waals surface area contributed by atoms with Crippen LogP contribution >= 0.6 is 11.8 Å². The lowest BCUT2D eigenvalue weighted by Gasteiger charge is -2.32. The minimum atomic E-state index is -0.202. The van der Waals surface area contributed by atoms with Gasteiger partial charge in [-0.2, -0.15) is 0 Å². The maximum Gasteiger partial charge on any atom is 0.194 e. The molecule has 0 N–H and O–H groups in total. The molecule has 1 atom stereocenters. The Labute approximate surface area is 184 Å². The number of benzene rings is 3. The number of fused-ring (bicyclic) bond motifs is 3. The van der Waals surface area contributed by atoms with Gasteiger partial charge in [-0.25, -0.2) is 4.99 Å². The molecular formula is C26H18N2O2S. The number of amidine groups is 1. The second-order valence-corrected chi connectivity index (χ2v) is 8.58. The number of thioether (sulfide) groups is 1. The summed E-state index contributed by atoms with van der Waals surface area (Å²) in [5.41, 5.74) is 5.40. The molecule has 0 bridgehead atoms. The molecule has 0 spiro atoms. The second kappa shape index (κ2) is 7.00. The molecule has 3 aliphatic rings. The zero-order valence-corrected chi connectivity index (χ0v) is 17.6. The second-order valence-electron chi connectivity index (χ2n) is 7.58. The van der Waals surface area contributed by atoms with Gasteiger partial charge < -0.3 is 9.64 Å². The van der Waals surface area contributed by atoms with Crippen LogP contribution in [0.15, 0.2) is 95.6 Å². The van der Waals surface area contributed by atoms with E-state index in [1.807, 2.05) is 54.6 Å². The molecule has 4 nitrogen and oxygen atoms in total. The van der Waals surface area contributed by atoms with Gasteiger partial charge in [0.05, 0.1) is 24.4 Å². The SMILES string of the molecule is COc1ccc(C2=CN3C(=NC4=C(C(=O)c5ccccc54)C3c3ccccc3)S2)cc1. The highest BCUT2D eigenvalue weighted by Gasteiger charge is 2.43. The highest BCUT2D eigenvalue weighted by atomic mass is 32.2. The van der Waals surface area contributed by atoms with Crippen molar-refractivity contribution in [2.24, 2.45) is 4.99 Å². The van der Waals surface area contributed by atoms with Crippen molar-refractivity contribution < 1.29 is 9.53 Å². The topological polar surface area (TPSA) is 41.9 Å². The van der Waals surface area contributed by atoms with E-state index in [1.54, 1.807) is 18.9 Å². The Morgan fingerprint density at radius 2 is 1.61 bits per heavy atom. The molecule has 3 aromatic rings. The van der Waals surface area contributed by atoms with E-state index in [1.165, 1.54) is 0 Å². The lowest BCUT2D eigenvalue weighted by molar-refractivity contribution is 0.102. The summed E-state index contributed by atoms with van der Waals surface area (Å²) < 4.78 is 5.29. The van der Waals surface area contributed by atoms with Crippen LogP contribution in [0.2, 0.25) is 0 Å². The fourth-order valence-corrected chi connectivity index (χ4v) is 5.39. The number of Topliss-reactive ketones (excluding diaryl/α,β-unsaturated/α-hetero) is 1. The fourth-order valence-electron chi connectivity index (χ4n) is 4.37. The van der Waals surface area contributed by atoms with Crippen molar-refractivity contribution in [3.05, 3.63) is 113 Å². The number of rotatable bonds is 3. The maximum atomic E-state index is 13.4. The zero-order chi connectivity index (χ0) is 20.9. The standard InChI is InChI=1S/C26H18N2O2S/c1-30-18-13-11-16(12-14-18)21-15-28-24(17-7-3-2-4-8-17)22-23(27-26(28)31-21)19-9-5-6-10-20(19)25(22)29/h2-15,24H,1H3. The predicted molar refractivity (Wildman–Crippen MR) is 125 cm³/mol. The van der Waals surface area contributed by atoms with Crippen molar-refractivity contribution in [2.75, 3.05) is 7.11 Å². The van der Waals surface area contributed by atoms with Crippen molar-refractivity contribution >= 4 is 33.3 Å². The maximum absolute atomic E-state index is 13.4. The van der Waals surface area contributed by atoms with Crippen molar-refractivity contribution in [3.63, 3.8) is 0 Å². The summed E-state index contributed by atoms with van der Waals surface area (Å²) in [4.78, 5) is 21.6. The van der Waals surface area contributed by atoms with Gasteiger partial charge in [-0.15, -0.1) is 0 Å². The van der Waals surface area contributed by atoms with E-state index in [-0.39, 0.29) is 11.8 Å². The number of ketones is 1. The first-order chi connectivity index (χ1) is 15.2. The van der Waals surface area contributed by atoms with Crippen LogP contribution in [0.1, 0.15) is 33.1 Å². The number of carbonyl (C=O) groups is 1. The first-order valence-corrected chi connectivity index (χ1v) is 10.9. The van der Waals surface area contributed by atoms with Gasteiger partial charge in [-0.3, -0.25) is 4.79 Å². The smallest absolute Gasteiger partial charge is 0.194 e. The molecule has 31 heavy (non-hydrogen) atoms. The fraction of sp³-hybridized carbons (Fsp3) is 0.0769. The third kappa shape index (κ3) is 2.77. The molecule has 0 saturated heterocycles. The van der Waals surface area contributed by atoms with Gasteiger partial charge in [0, 0.05) is 22.2 Å². The van der Waals surface area contributed by atoms with Gasteiger partial charge in [0.1, 0.15) is 5.75 Å². The molecule has 0 radical (unpaired) electrons. The number of nitrogens with zero attached hydrogens (tertiary/aromatic N) is 2. The molecule has 3 aromatic carbocycles. The average molecular weight is 423 g/mol. The van der Waals surface area contributed by atoms with Crippen LogP contribution in [0.4, 0.5) is 0 Å². The van der Waals surface area contributed by atoms with Gasteiger partial charge in [0.2, 0.25) is 0 Å². The van der Waals surface area contributed by atoms with Gasteiger partial charge in [-0.05, 0) is 35.0 Å². The number of hydrogen-bond acceptors (Lipinski definition) is 5. The van der Waals surface area contributed by atoms with E-state index in [0.717, 1.165) is 49.3 Å². The van der Waals surface area contributed by atoms with Crippen LogP contribution in [0, 0.1) is 0 Å². The molecule has 0 saturated carbocycles. The first kappa shape index (κ1) is 18.2. The van der Waals surface area contributed by atoms with Crippen LogP contribution in [0.25, 0.3) is 10.6 Å². The van der Waals surface area contributed by atoms with Gasteiger partial charge in [0.25, 0.3) is 0 Å². The summed E-state index contributed by atoms with van der Waals surface area (Å²) in [6, 6.07) is 25.8. The normalized spacial score (nSPS) is 18.9. The van der Waals surface area contributed by atoms with Crippen molar-refractivity contribution in [3.8, 4) is 5.75 Å². The van der Waals surface area contributed by atoms with Gasteiger partial charge >= 0.3 is 0 Å². The van der Waals surface area contributed by atoms with E-state index in [2.05, 4.69) is 35.4 Å². The van der Waals surface area contributed by atoms with E-state index in [9.17, 15) is 4.79 Å². The third-order valence-electron chi connectivity index (χ3n) is 5.85. The number of ether oxygens (including phenoxy) is 1. The summed E-state index contributed by atoms with van der Waals surface area (Å²) in [6.07, 6.45) is 2.11. The third-order valence-corrected chi connectivity index (χ3v) is 6.90. The summed E-state index contributed by atoms with van der Waals surface area (Å²) in [5, 5.41) is 0.892. The van der Waals surface area contributed by atoms with Gasteiger partial charge in [-0.1, -0.05) is 66.7 Å². The zero-order valence-electron chi connectivity index (χ0n) is 16.8. The number of methoxy groups -OCH3 is 1. The highest BCUT2D eigenvalue weighted by Crippen LogP contribution is 2.51. The Hall–Kier alpha value is -3.57. The van der Waals surface area contributed by atoms with E-state index < -0.39 is 0 Å². The number of carbonyl (C=O) groups excluding carboxylic acids is 1.